The number of carbonyl (C=O) groups is 3. The molecule has 2 bridgehead atoms. The molecule has 0 aromatic heterocycles. The molecule has 0 N–H and O–H groups in total. The van der Waals surface area contributed by atoms with Gasteiger partial charge in [0.25, 0.3) is 0 Å². The third-order valence-electron chi connectivity index (χ3n) is 7.14. The lowest BCUT2D eigenvalue weighted by Gasteiger charge is -2.37. The van der Waals surface area contributed by atoms with Crippen molar-refractivity contribution in [2.45, 2.75) is 6.42 Å². The number of anilines is 1. The number of benzene rings is 2. The molecular weight excluding hydrogens is 386 g/mol. The highest BCUT2D eigenvalue weighted by atomic mass is 35.5. The Morgan fingerprint density at radius 3 is 2.14 bits per heavy atom. The topological polar surface area (TPSA) is 54.5 Å². The first-order valence-electron chi connectivity index (χ1n) is 10.0. The summed E-state index contributed by atoms with van der Waals surface area (Å²) >= 11 is 6.18. The SMILES string of the molecule is O=C(c1ccccc1)c1cc(Cl)ccc1N1C(=O)[C@@H]2[C@H]3C=C[C@@H]([C@@H]4C[C@@H]34)[C@H]2C1=O. The van der Waals surface area contributed by atoms with Crippen molar-refractivity contribution in [2.24, 2.45) is 35.5 Å². The molecule has 0 radical (unpaired) electrons. The average molecular weight is 404 g/mol. The van der Waals surface area contributed by atoms with Gasteiger partial charge >= 0.3 is 0 Å². The minimum Gasteiger partial charge on any atom is -0.289 e. The fourth-order valence-electron chi connectivity index (χ4n) is 5.82. The Labute approximate surface area is 173 Å². The van der Waals surface area contributed by atoms with Gasteiger partial charge in [-0.3, -0.25) is 14.4 Å². The maximum atomic E-state index is 13.4. The number of nitrogens with zero attached hydrogens (tertiary/aromatic N) is 1. The fourth-order valence-corrected chi connectivity index (χ4v) is 6.00. The van der Waals surface area contributed by atoms with Crippen molar-refractivity contribution in [3.63, 3.8) is 0 Å². The molecular formula is C24H18ClNO3. The molecule has 5 aliphatic rings. The summed E-state index contributed by atoms with van der Waals surface area (Å²) in [7, 11) is 0. The van der Waals surface area contributed by atoms with E-state index in [1.165, 1.54) is 4.90 Å². The van der Waals surface area contributed by atoms with E-state index >= 15 is 0 Å². The molecule has 2 saturated carbocycles. The van der Waals surface area contributed by atoms with Gasteiger partial charge < -0.3 is 0 Å². The highest BCUT2D eigenvalue weighted by Gasteiger charge is 2.67. The van der Waals surface area contributed by atoms with Crippen LogP contribution in [0.3, 0.4) is 0 Å². The molecule has 0 spiro atoms. The van der Waals surface area contributed by atoms with Gasteiger partial charge in [0.15, 0.2) is 5.78 Å². The molecule has 7 rings (SSSR count). The van der Waals surface area contributed by atoms with Crippen molar-refractivity contribution >= 4 is 34.9 Å². The standard InChI is InChI=1S/C24H18ClNO3/c25-13-6-9-19(18(10-13)22(27)12-4-2-1-3-5-12)26-23(28)20-14-7-8-15(17-11-16(14)17)21(20)24(26)29/h1-10,14-17,20-21H,11H2/t14-,15-,16-,17-,20+,21+/m0/s1. The molecule has 2 aromatic rings. The second-order valence-electron chi connectivity index (χ2n) is 8.52. The van der Waals surface area contributed by atoms with Crippen molar-refractivity contribution in [1.29, 1.82) is 0 Å². The average Bonchev–Trinajstić information content (AvgIpc) is 3.52. The molecule has 2 aromatic carbocycles. The van der Waals surface area contributed by atoms with Crippen LogP contribution in [0.4, 0.5) is 5.69 Å². The van der Waals surface area contributed by atoms with Crippen molar-refractivity contribution in [2.75, 3.05) is 4.90 Å². The number of carbonyl (C=O) groups excluding carboxylic acids is 3. The summed E-state index contributed by atoms with van der Waals surface area (Å²) in [5.41, 5.74) is 1.13. The van der Waals surface area contributed by atoms with E-state index in [1.807, 2.05) is 6.07 Å². The van der Waals surface area contributed by atoms with Crippen LogP contribution in [0.1, 0.15) is 22.3 Å². The number of hydrogen-bond acceptors (Lipinski definition) is 3. The predicted molar refractivity (Wildman–Crippen MR) is 109 cm³/mol. The Kier molecular flexibility index (Phi) is 3.49. The number of ketones is 1. The molecule has 1 saturated heterocycles. The lowest BCUT2D eigenvalue weighted by atomic mass is 9.63. The highest BCUT2D eigenvalue weighted by molar-refractivity contribution is 6.32. The Morgan fingerprint density at radius 1 is 0.897 bits per heavy atom. The minimum atomic E-state index is -0.295. The molecule has 2 amide bonds. The molecule has 4 nitrogen and oxygen atoms in total. The van der Waals surface area contributed by atoms with Gasteiger partial charge in [-0.1, -0.05) is 54.1 Å². The van der Waals surface area contributed by atoms with Crippen LogP contribution >= 0.6 is 11.6 Å². The van der Waals surface area contributed by atoms with E-state index in [2.05, 4.69) is 12.2 Å². The summed E-state index contributed by atoms with van der Waals surface area (Å²) in [6.07, 6.45) is 5.41. The third-order valence-corrected chi connectivity index (χ3v) is 7.38. The van der Waals surface area contributed by atoms with Gasteiger partial charge in [-0.25, -0.2) is 4.90 Å². The molecule has 1 heterocycles. The fraction of sp³-hybridized carbons (Fsp3) is 0.292. The molecule has 5 heteroatoms. The minimum absolute atomic E-state index is 0.150. The van der Waals surface area contributed by atoms with E-state index in [-0.39, 0.29) is 46.8 Å². The maximum absolute atomic E-state index is 13.4. The van der Waals surface area contributed by atoms with Gasteiger partial charge in [0, 0.05) is 16.1 Å². The summed E-state index contributed by atoms with van der Waals surface area (Å²) < 4.78 is 0. The first-order valence-corrected chi connectivity index (χ1v) is 10.4. The predicted octanol–water partition coefficient (Wildman–Crippen LogP) is 4.13. The Morgan fingerprint density at radius 2 is 1.52 bits per heavy atom. The van der Waals surface area contributed by atoms with E-state index in [4.69, 9.17) is 11.6 Å². The molecule has 29 heavy (non-hydrogen) atoms. The van der Waals surface area contributed by atoms with Gasteiger partial charge in [-0.2, -0.15) is 0 Å². The Hall–Kier alpha value is -2.72. The molecule has 4 aliphatic carbocycles. The van der Waals surface area contributed by atoms with Crippen molar-refractivity contribution in [1.82, 2.24) is 0 Å². The van der Waals surface area contributed by atoms with Crippen LogP contribution in [0.15, 0.2) is 60.7 Å². The highest BCUT2D eigenvalue weighted by Crippen LogP contribution is 2.65. The second kappa shape index (κ2) is 5.90. The number of allylic oxidation sites excluding steroid dienone is 2. The molecule has 3 fully saturated rings. The van der Waals surface area contributed by atoms with Crippen LogP contribution in [0.5, 0.6) is 0 Å². The van der Waals surface area contributed by atoms with E-state index < -0.39 is 0 Å². The monoisotopic (exact) mass is 403 g/mol. The largest absolute Gasteiger partial charge is 0.289 e. The number of amides is 2. The van der Waals surface area contributed by atoms with Crippen molar-refractivity contribution in [3.8, 4) is 0 Å². The van der Waals surface area contributed by atoms with E-state index in [1.54, 1.807) is 42.5 Å². The molecule has 0 unspecified atom stereocenters. The molecule has 1 aliphatic heterocycles. The number of imide groups is 1. The lowest BCUT2D eigenvalue weighted by Crippen LogP contribution is -2.40. The van der Waals surface area contributed by atoms with E-state index in [0.717, 1.165) is 6.42 Å². The van der Waals surface area contributed by atoms with Crippen LogP contribution in [0.2, 0.25) is 5.02 Å². The van der Waals surface area contributed by atoms with Gasteiger partial charge in [0.05, 0.1) is 17.5 Å². The van der Waals surface area contributed by atoms with Crippen LogP contribution < -0.4 is 4.90 Å². The van der Waals surface area contributed by atoms with Gasteiger partial charge in [0.1, 0.15) is 0 Å². The zero-order valence-electron chi connectivity index (χ0n) is 15.5. The summed E-state index contributed by atoms with van der Waals surface area (Å²) in [6.45, 7) is 0. The number of hydrogen-bond donors (Lipinski definition) is 0. The summed E-state index contributed by atoms with van der Waals surface area (Å²) in [6, 6.07) is 13.7. The van der Waals surface area contributed by atoms with Crippen LogP contribution in [0, 0.1) is 35.5 Å². The molecule has 6 atom stereocenters. The van der Waals surface area contributed by atoms with Crippen LogP contribution in [-0.2, 0) is 9.59 Å². The van der Waals surface area contributed by atoms with Crippen molar-refractivity contribution < 1.29 is 14.4 Å². The van der Waals surface area contributed by atoms with Crippen LogP contribution in [-0.4, -0.2) is 17.6 Å². The second-order valence-corrected chi connectivity index (χ2v) is 8.96. The quantitative estimate of drug-likeness (QED) is 0.440. The summed E-state index contributed by atoms with van der Waals surface area (Å²) in [4.78, 5) is 41.3. The van der Waals surface area contributed by atoms with E-state index in [9.17, 15) is 14.4 Å². The molecule has 144 valence electrons. The first kappa shape index (κ1) is 17.2. The van der Waals surface area contributed by atoms with Crippen molar-refractivity contribution in [3.05, 3.63) is 76.8 Å². The Bertz CT molecular complexity index is 1070. The van der Waals surface area contributed by atoms with Crippen LogP contribution in [0.25, 0.3) is 0 Å². The number of rotatable bonds is 3. The zero-order valence-corrected chi connectivity index (χ0v) is 16.3. The van der Waals surface area contributed by atoms with Gasteiger partial charge in [-0.15, -0.1) is 0 Å². The maximum Gasteiger partial charge on any atom is 0.238 e. The normalized spacial score (nSPS) is 33.6. The zero-order chi connectivity index (χ0) is 19.9. The number of halogens is 1. The third kappa shape index (κ3) is 2.29. The van der Waals surface area contributed by atoms with E-state index in [0.29, 0.717) is 28.1 Å². The first-order chi connectivity index (χ1) is 14.1. The Balaban J connectivity index is 1.45. The van der Waals surface area contributed by atoms with Gasteiger partial charge in [-0.05, 0) is 48.3 Å². The smallest absolute Gasteiger partial charge is 0.238 e. The summed E-state index contributed by atoms with van der Waals surface area (Å²) in [5, 5.41) is 0.396. The summed E-state index contributed by atoms with van der Waals surface area (Å²) in [5.74, 6) is 0.199. The van der Waals surface area contributed by atoms with Gasteiger partial charge in [0.2, 0.25) is 11.8 Å². The lowest BCUT2D eigenvalue weighted by molar-refractivity contribution is -0.124.